The molecular formula is C16H17NO3. The van der Waals surface area contributed by atoms with Gasteiger partial charge in [0.25, 0.3) is 5.56 Å². The van der Waals surface area contributed by atoms with Gasteiger partial charge < -0.3 is 14.4 Å². The van der Waals surface area contributed by atoms with Crippen molar-refractivity contribution in [2.45, 2.75) is 26.0 Å². The summed E-state index contributed by atoms with van der Waals surface area (Å²) in [5.41, 5.74) is 3.02. The maximum atomic E-state index is 11.8. The predicted octanol–water partition coefficient (Wildman–Crippen LogP) is 1.52. The molecule has 1 N–H and O–H groups in total. The largest absolute Gasteiger partial charge is 0.493 e. The van der Waals surface area contributed by atoms with E-state index in [4.69, 9.17) is 4.74 Å². The summed E-state index contributed by atoms with van der Waals surface area (Å²) in [5, 5.41) is 9.29. The number of rotatable bonds is 4. The lowest BCUT2D eigenvalue weighted by Crippen LogP contribution is -2.23. The molecule has 0 atom stereocenters. The minimum absolute atomic E-state index is 0.0685. The number of nitrogens with zero attached hydrogens (tertiary/aromatic N) is 1. The summed E-state index contributed by atoms with van der Waals surface area (Å²) in [6.45, 7) is 1.22. The van der Waals surface area contributed by atoms with Crippen LogP contribution in [-0.2, 0) is 26.0 Å². The molecule has 4 nitrogen and oxygen atoms in total. The van der Waals surface area contributed by atoms with Crippen molar-refractivity contribution in [1.29, 1.82) is 0 Å². The molecule has 20 heavy (non-hydrogen) atoms. The van der Waals surface area contributed by atoms with E-state index in [1.54, 1.807) is 16.7 Å². The Morgan fingerprint density at radius 1 is 1.25 bits per heavy atom. The van der Waals surface area contributed by atoms with Crippen molar-refractivity contribution in [2.75, 3.05) is 6.61 Å². The Balaban J connectivity index is 1.78. The number of ether oxygens (including phenoxy) is 1. The fraction of sp³-hybridized carbons (Fsp3) is 0.312. The first-order chi connectivity index (χ1) is 9.78. The standard InChI is InChI=1S/C16H17NO3/c18-11-14-2-1-3-16(19)17(14)8-6-12-4-5-15-13(10-12)7-9-20-15/h1-5,10,18H,6-9,11H2. The van der Waals surface area contributed by atoms with Gasteiger partial charge in [0.15, 0.2) is 0 Å². The molecule has 0 aliphatic carbocycles. The minimum Gasteiger partial charge on any atom is -0.493 e. The van der Waals surface area contributed by atoms with Gasteiger partial charge in [-0.15, -0.1) is 0 Å². The number of pyridine rings is 1. The smallest absolute Gasteiger partial charge is 0.250 e. The molecule has 0 saturated carbocycles. The van der Waals surface area contributed by atoms with Gasteiger partial charge in [-0.1, -0.05) is 18.2 Å². The fourth-order valence-electron chi connectivity index (χ4n) is 2.59. The Kier molecular flexibility index (Phi) is 3.56. The van der Waals surface area contributed by atoms with Crippen LogP contribution in [0.15, 0.2) is 41.2 Å². The van der Waals surface area contributed by atoms with Gasteiger partial charge in [-0.05, 0) is 29.7 Å². The number of fused-ring (bicyclic) bond motifs is 1. The molecule has 0 fully saturated rings. The summed E-state index contributed by atoms with van der Waals surface area (Å²) >= 11 is 0. The first kappa shape index (κ1) is 12.9. The number of hydrogen-bond acceptors (Lipinski definition) is 3. The summed E-state index contributed by atoms with van der Waals surface area (Å²) in [6.07, 6.45) is 1.72. The van der Waals surface area contributed by atoms with E-state index in [0.717, 1.165) is 25.2 Å². The zero-order chi connectivity index (χ0) is 13.9. The highest BCUT2D eigenvalue weighted by Crippen LogP contribution is 2.26. The van der Waals surface area contributed by atoms with Gasteiger partial charge >= 0.3 is 0 Å². The molecule has 1 aromatic carbocycles. The van der Waals surface area contributed by atoms with Crippen LogP contribution in [0.3, 0.4) is 0 Å². The van der Waals surface area contributed by atoms with Crippen LogP contribution in [0, 0.1) is 0 Å². The van der Waals surface area contributed by atoms with E-state index in [2.05, 4.69) is 6.07 Å². The third kappa shape index (κ3) is 2.47. The van der Waals surface area contributed by atoms with E-state index in [0.29, 0.717) is 12.2 Å². The van der Waals surface area contributed by atoms with Gasteiger partial charge in [-0.3, -0.25) is 4.79 Å². The van der Waals surface area contributed by atoms with Crippen LogP contribution >= 0.6 is 0 Å². The summed E-state index contributed by atoms with van der Waals surface area (Å²) < 4.78 is 7.11. The molecule has 2 aromatic rings. The van der Waals surface area contributed by atoms with E-state index in [1.807, 2.05) is 12.1 Å². The maximum absolute atomic E-state index is 11.8. The van der Waals surface area contributed by atoms with Gasteiger partial charge in [-0.25, -0.2) is 0 Å². The van der Waals surface area contributed by atoms with Gasteiger partial charge in [-0.2, -0.15) is 0 Å². The van der Waals surface area contributed by atoms with Crippen molar-refractivity contribution in [1.82, 2.24) is 4.57 Å². The second kappa shape index (κ2) is 5.51. The van der Waals surface area contributed by atoms with Crippen LogP contribution in [0.2, 0.25) is 0 Å². The SMILES string of the molecule is O=c1cccc(CO)n1CCc1ccc2c(c1)CCO2. The van der Waals surface area contributed by atoms with Crippen molar-refractivity contribution in [3.8, 4) is 5.75 Å². The zero-order valence-corrected chi connectivity index (χ0v) is 11.2. The van der Waals surface area contributed by atoms with E-state index >= 15 is 0 Å². The van der Waals surface area contributed by atoms with E-state index in [1.165, 1.54) is 17.2 Å². The molecule has 0 spiro atoms. The highest BCUT2D eigenvalue weighted by Gasteiger charge is 2.12. The molecule has 0 bridgehead atoms. The van der Waals surface area contributed by atoms with Crippen LogP contribution < -0.4 is 10.3 Å². The van der Waals surface area contributed by atoms with Crippen LogP contribution in [0.5, 0.6) is 5.75 Å². The molecule has 0 saturated heterocycles. The average Bonchev–Trinajstić information content (AvgIpc) is 2.93. The number of aryl methyl sites for hydroxylation is 1. The van der Waals surface area contributed by atoms with Gasteiger partial charge in [0, 0.05) is 24.7 Å². The van der Waals surface area contributed by atoms with Crippen molar-refractivity contribution >= 4 is 0 Å². The summed E-state index contributed by atoms with van der Waals surface area (Å²) in [6, 6.07) is 11.2. The highest BCUT2D eigenvalue weighted by atomic mass is 16.5. The Morgan fingerprint density at radius 3 is 3.00 bits per heavy atom. The average molecular weight is 271 g/mol. The van der Waals surface area contributed by atoms with Crippen molar-refractivity contribution in [3.63, 3.8) is 0 Å². The number of aromatic nitrogens is 1. The van der Waals surface area contributed by atoms with E-state index in [9.17, 15) is 9.90 Å². The van der Waals surface area contributed by atoms with Crippen molar-refractivity contribution < 1.29 is 9.84 Å². The molecular weight excluding hydrogens is 254 g/mol. The molecule has 3 rings (SSSR count). The monoisotopic (exact) mass is 271 g/mol. The zero-order valence-electron chi connectivity index (χ0n) is 11.2. The molecule has 0 radical (unpaired) electrons. The molecule has 1 aliphatic rings. The molecule has 0 amide bonds. The second-order valence-corrected chi connectivity index (χ2v) is 4.96. The molecule has 0 unspecified atom stereocenters. The number of hydrogen-bond donors (Lipinski definition) is 1. The fourth-order valence-corrected chi connectivity index (χ4v) is 2.59. The maximum Gasteiger partial charge on any atom is 0.250 e. The summed E-state index contributed by atoms with van der Waals surface area (Å²) in [4.78, 5) is 11.8. The third-order valence-electron chi connectivity index (χ3n) is 3.68. The summed E-state index contributed by atoms with van der Waals surface area (Å²) in [7, 11) is 0. The molecule has 4 heteroatoms. The van der Waals surface area contributed by atoms with Crippen molar-refractivity contribution in [3.05, 3.63) is 63.6 Å². The quantitative estimate of drug-likeness (QED) is 0.917. The number of benzene rings is 1. The van der Waals surface area contributed by atoms with Crippen LogP contribution in [0.25, 0.3) is 0 Å². The highest BCUT2D eigenvalue weighted by molar-refractivity contribution is 5.39. The summed E-state index contributed by atoms with van der Waals surface area (Å²) in [5.74, 6) is 0.974. The Hall–Kier alpha value is -2.07. The van der Waals surface area contributed by atoms with Gasteiger partial charge in [0.05, 0.1) is 13.2 Å². The Morgan fingerprint density at radius 2 is 2.15 bits per heavy atom. The Labute approximate surface area is 117 Å². The topological polar surface area (TPSA) is 51.5 Å². The second-order valence-electron chi connectivity index (χ2n) is 4.96. The first-order valence-corrected chi connectivity index (χ1v) is 6.82. The van der Waals surface area contributed by atoms with Gasteiger partial charge in [0.2, 0.25) is 0 Å². The first-order valence-electron chi connectivity index (χ1n) is 6.82. The lowest BCUT2D eigenvalue weighted by atomic mass is 10.1. The van der Waals surface area contributed by atoms with E-state index < -0.39 is 0 Å². The minimum atomic E-state index is -0.117. The van der Waals surface area contributed by atoms with Crippen LogP contribution in [0.1, 0.15) is 16.8 Å². The predicted molar refractivity (Wildman–Crippen MR) is 76.0 cm³/mol. The molecule has 1 aliphatic heterocycles. The molecule has 104 valence electrons. The lowest BCUT2D eigenvalue weighted by Gasteiger charge is -2.11. The molecule has 1 aromatic heterocycles. The third-order valence-corrected chi connectivity index (χ3v) is 3.68. The normalized spacial score (nSPS) is 13.1. The number of aliphatic hydroxyl groups excluding tert-OH is 1. The van der Waals surface area contributed by atoms with E-state index in [-0.39, 0.29) is 12.2 Å². The van der Waals surface area contributed by atoms with Crippen LogP contribution in [0.4, 0.5) is 0 Å². The number of aliphatic hydroxyl groups is 1. The molecule has 2 heterocycles. The Bertz CT molecular complexity index is 676. The van der Waals surface area contributed by atoms with Crippen molar-refractivity contribution in [2.24, 2.45) is 0 Å². The lowest BCUT2D eigenvalue weighted by molar-refractivity contribution is 0.268. The van der Waals surface area contributed by atoms with Gasteiger partial charge in [0.1, 0.15) is 5.75 Å². The van der Waals surface area contributed by atoms with Crippen LogP contribution in [-0.4, -0.2) is 16.3 Å².